The first kappa shape index (κ1) is 12.1. The molecule has 0 aliphatic rings. The van der Waals surface area contributed by atoms with Crippen molar-refractivity contribution in [2.75, 3.05) is 6.61 Å². The van der Waals surface area contributed by atoms with E-state index in [1.807, 2.05) is 0 Å². The van der Waals surface area contributed by atoms with Gasteiger partial charge < -0.3 is 4.74 Å². The number of Topliss-reactive ketones (excluding diaryl/α,β-unsaturated/α-hetero) is 1. The summed E-state index contributed by atoms with van der Waals surface area (Å²) < 4.78 is 18.9. The van der Waals surface area contributed by atoms with Crippen LogP contribution in [0.1, 0.15) is 13.3 Å². The predicted molar refractivity (Wildman–Crippen MR) is 57.6 cm³/mol. The van der Waals surface area contributed by atoms with Crippen LogP contribution in [0, 0.1) is 0 Å². The van der Waals surface area contributed by atoms with Crippen molar-refractivity contribution in [3.63, 3.8) is 0 Å². The van der Waals surface area contributed by atoms with Crippen LogP contribution in [-0.2, 0) is 4.79 Å². The van der Waals surface area contributed by atoms with Gasteiger partial charge in [0.2, 0.25) is 5.88 Å². The molecule has 0 aliphatic heterocycles. The number of rotatable bonds is 5. The summed E-state index contributed by atoms with van der Waals surface area (Å²) in [6.07, 6.45) is 0.193. The maximum absolute atomic E-state index is 12.8. The van der Waals surface area contributed by atoms with E-state index < -0.39 is 12.0 Å². The number of hydrogen-bond donors (Lipinski definition) is 0. The summed E-state index contributed by atoms with van der Waals surface area (Å²) in [5.41, 5.74) is 0. The van der Waals surface area contributed by atoms with Gasteiger partial charge in [0.15, 0.2) is 12.0 Å². The zero-order valence-electron chi connectivity index (χ0n) is 8.24. The molecule has 0 N–H and O–H groups in total. The van der Waals surface area contributed by atoms with Crippen molar-refractivity contribution in [2.45, 2.75) is 19.5 Å². The molecular formula is C10H11BrFNO2. The van der Waals surface area contributed by atoms with Crippen LogP contribution in [0.3, 0.4) is 0 Å². The molecule has 1 aromatic rings. The number of ether oxygens (including phenoxy) is 1. The molecule has 3 nitrogen and oxygen atoms in total. The van der Waals surface area contributed by atoms with Crippen molar-refractivity contribution in [2.24, 2.45) is 0 Å². The minimum Gasteiger partial charge on any atom is -0.478 e. The van der Waals surface area contributed by atoms with E-state index in [0.29, 0.717) is 5.88 Å². The highest BCUT2D eigenvalue weighted by Gasteiger charge is 2.11. The van der Waals surface area contributed by atoms with Crippen LogP contribution in [0.15, 0.2) is 22.8 Å². The van der Waals surface area contributed by atoms with E-state index in [1.165, 1.54) is 6.92 Å². The van der Waals surface area contributed by atoms with E-state index in [0.717, 1.165) is 4.47 Å². The first-order chi connectivity index (χ1) is 7.09. The average Bonchev–Trinajstić information content (AvgIpc) is 2.17. The number of carbonyl (C=O) groups is 1. The average molecular weight is 276 g/mol. The van der Waals surface area contributed by atoms with Crippen molar-refractivity contribution in [3.8, 4) is 5.88 Å². The summed E-state index contributed by atoms with van der Waals surface area (Å²) in [7, 11) is 0. The standard InChI is InChI=1S/C10H11BrFNO2/c1-7(14)9(12)3-5-15-10-6-8(11)2-4-13-10/h2,4,6,9H,3,5H2,1H3. The van der Waals surface area contributed by atoms with Gasteiger partial charge in [0.25, 0.3) is 0 Å². The van der Waals surface area contributed by atoms with Crippen LogP contribution < -0.4 is 4.74 Å². The summed E-state index contributed by atoms with van der Waals surface area (Å²) in [5.74, 6) is -0.0547. The second-order valence-electron chi connectivity index (χ2n) is 3.03. The molecule has 0 aromatic carbocycles. The molecule has 0 fully saturated rings. The van der Waals surface area contributed by atoms with Crippen LogP contribution in [0.5, 0.6) is 5.88 Å². The monoisotopic (exact) mass is 275 g/mol. The normalized spacial score (nSPS) is 12.2. The summed E-state index contributed by atoms with van der Waals surface area (Å²) in [5, 5.41) is 0. The first-order valence-electron chi connectivity index (χ1n) is 4.48. The predicted octanol–water partition coefficient (Wildman–Crippen LogP) is 2.54. The summed E-state index contributed by atoms with van der Waals surface area (Å²) in [4.78, 5) is 14.5. The highest BCUT2D eigenvalue weighted by Crippen LogP contribution is 2.14. The maximum Gasteiger partial charge on any atom is 0.214 e. The van der Waals surface area contributed by atoms with Crippen molar-refractivity contribution >= 4 is 21.7 Å². The number of ketones is 1. The van der Waals surface area contributed by atoms with E-state index in [4.69, 9.17) is 4.74 Å². The van der Waals surface area contributed by atoms with Gasteiger partial charge in [-0.3, -0.25) is 4.79 Å². The van der Waals surface area contributed by atoms with Gasteiger partial charge in [-0.25, -0.2) is 9.37 Å². The number of halogens is 2. The van der Waals surface area contributed by atoms with Gasteiger partial charge in [-0.05, 0) is 13.0 Å². The van der Waals surface area contributed by atoms with Crippen LogP contribution in [-0.4, -0.2) is 23.5 Å². The molecule has 0 bridgehead atoms. The molecule has 1 unspecified atom stereocenters. The number of pyridine rings is 1. The smallest absolute Gasteiger partial charge is 0.214 e. The van der Waals surface area contributed by atoms with Gasteiger partial charge in [-0.1, -0.05) is 15.9 Å². The highest BCUT2D eigenvalue weighted by molar-refractivity contribution is 9.10. The lowest BCUT2D eigenvalue weighted by Gasteiger charge is -2.06. The number of carbonyl (C=O) groups excluding carboxylic acids is 1. The molecule has 0 radical (unpaired) electrons. The molecule has 0 saturated heterocycles. The number of hydrogen-bond acceptors (Lipinski definition) is 3. The van der Waals surface area contributed by atoms with Gasteiger partial charge in [0.1, 0.15) is 0 Å². The molecule has 1 aromatic heterocycles. The Morgan fingerprint density at radius 1 is 1.73 bits per heavy atom. The number of alkyl halides is 1. The molecule has 1 heterocycles. The third-order valence-electron chi connectivity index (χ3n) is 1.76. The SMILES string of the molecule is CC(=O)C(F)CCOc1cc(Br)ccn1. The van der Waals surface area contributed by atoms with E-state index in [-0.39, 0.29) is 13.0 Å². The van der Waals surface area contributed by atoms with Gasteiger partial charge in [-0.2, -0.15) is 0 Å². The van der Waals surface area contributed by atoms with Gasteiger partial charge >= 0.3 is 0 Å². The van der Waals surface area contributed by atoms with Crippen molar-refractivity contribution in [1.82, 2.24) is 4.98 Å². The Hall–Kier alpha value is -0.970. The lowest BCUT2D eigenvalue weighted by molar-refractivity contribution is -0.122. The van der Waals surface area contributed by atoms with Gasteiger partial charge in [0.05, 0.1) is 6.61 Å². The second-order valence-corrected chi connectivity index (χ2v) is 3.94. The molecular weight excluding hydrogens is 265 g/mol. The van der Waals surface area contributed by atoms with Crippen molar-refractivity contribution < 1.29 is 13.9 Å². The Morgan fingerprint density at radius 2 is 2.47 bits per heavy atom. The first-order valence-corrected chi connectivity index (χ1v) is 5.28. The fourth-order valence-corrected chi connectivity index (χ4v) is 1.25. The zero-order chi connectivity index (χ0) is 11.3. The molecule has 1 rings (SSSR count). The topological polar surface area (TPSA) is 39.2 Å². The van der Waals surface area contributed by atoms with E-state index in [2.05, 4.69) is 20.9 Å². The lowest BCUT2D eigenvalue weighted by Crippen LogP contribution is -2.15. The molecule has 5 heteroatoms. The molecule has 0 amide bonds. The molecule has 15 heavy (non-hydrogen) atoms. The Morgan fingerprint density at radius 3 is 3.07 bits per heavy atom. The second kappa shape index (κ2) is 5.80. The Kier molecular flexibility index (Phi) is 4.68. The highest BCUT2D eigenvalue weighted by atomic mass is 79.9. The Labute approximate surface area is 95.8 Å². The third-order valence-corrected chi connectivity index (χ3v) is 2.25. The summed E-state index contributed by atoms with van der Waals surface area (Å²) in [6.45, 7) is 1.37. The minimum absolute atomic E-state index is 0.0591. The fraction of sp³-hybridized carbons (Fsp3) is 0.400. The summed E-state index contributed by atoms with van der Waals surface area (Å²) in [6, 6.07) is 3.45. The summed E-state index contributed by atoms with van der Waals surface area (Å²) >= 11 is 3.26. The van der Waals surface area contributed by atoms with Crippen LogP contribution in [0.25, 0.3) is 0 Å². The lowest BCUT2D eigenvalue weighted by atomic mass is 10.2. The largest absolute Gasteiger partial charge is 0.478 e. The van der Waals surface area contributed by atoms with Crippen LogP contribution in [0.2, 0.25) is 0 Å². The molecule has 1 atom stereocenters. The van der Waals surface area contributed by atoms with Crippen LogP contribution >= 0.6 is 15.9 Å². The van der Waals surface area contributed by atoms with E-state index >= 15 is 0 Å². The fourth-order valence-electron chi connectivity index (χ4n) is 0.934. The van der Waals surface area contributed by atoms with Gasteiger partial charge in [0, 0.05) is 23.2 Å². The van der Waals surface area contributed by atoms with Gasteiger partial charge in [-0.15, -0.1) is 0 Å². The zero-order valence-corrected chi connectivity index (χ0v) is 9.83. The van der Waals surface area contributed by atoms with E-state index in [9.17, 15) is 9.18 Å². The number of aromatic nitrogens is 1. The molecule has 0 aliphatic carbocycles. The third kappa shape index (κ3) is 4.38. The molecule has 82 valence electrons. The van der Waals surface area contributed by atoms with Crippen molar-refractivity contribution in [1.29, 1.82) is 0 Å². The molecule has 0 saturated carbocycles. The van der Waals surface area contributed by atoms with E-state index in [1.54, 1.807) is 18.3 Å². The Balaban J connectivity index is 2.35. The van der Waals surface area contributed by atoms with Crippen LogP contribution in [0.4, 0.5) is 4.39 Å². The molecule has 0 spiro atoms. The number of nitrogens with zero attached hydrogens (tertiary/aromatic N) is 1. The Bertz CT molecular complexity index is 346. The van der Waals surface area contributed by atoms with Crippen molar-refractivity contribution in [3.05, 3.63) is 22.8 Å². The maximum atomic E-state index is 12.8. The minimum atomic E-state index is -1.45. The quantitative estimate of drug-likeness (QED) is 0.829.